The summed E-state index contributed by atoms with van der Waals surface area (Å²) in [4.78, 5) is 0. The van der Waals surface area contributed by atoms with Crippen molar-refractivity contribution in [1.29, 1.82) is 0 Å². The highest BCUT2D eigenvalue weighted by atomic mass is 28.3. The van der Waals surface area contributed by atoms with Crippen LogP contribution in [0.4, 0.5) is 0 Å². The van der Waals surface area contributed by atoms with Gasteiger partial charge in [-0.15, -0.1) is 5.54 Å². The highest BCUT2D eigenvalue weighted by molar-refractivity contribution is 6.83. The maximum absolute atomic E-state index is 3.42. The van der Waals surface area contributed by atoms with Gasteiger partial charge in [-0.3, -0.25) is 0 Å². The van der Waals surface area contributed by atoms with E-state index < -0.39 is 8.07 Å². The second-order valence-corrected chi connectivity index (χ2v) is 12.0. The van der Waals surface area contributed by atoms with Crippen LogP contribution in [-0.2, 0) is 0 Å². The van der Waals surface area contributed by atoms with E-state index in [1.54, 1.807) is 0 Å². The Hall–Kier alpha value is -3.00. The van der Waals surface area contributed by atoms with Crippen molar-refractivity contribution in [3.05, 3.63) is 95.6 Å². The van der Waals surface area contributed by atoms with E-state index in [-0.39, 0.29) is 0 Å². The summed E-state index contributed by atoms with van der Waals surface area (Å²) in [5, 5.41) is 0. The second-order valence-electron chi connectivity index (χ2n) is 7.24. The molecule has 0 aliphatic rings. The molecule has 0 aliphatic carbocycles. The van der Waals surface area contributed by atoms with Crippen molar-refractivity contribution in [2.24, 2.45) is 0 Å². The van der Waals surface area contributed by atoms with Crippen LogP contribution in [0.2, 0.25) is 19.6 Å². The van der Waals surface area contributed by atoms with Gasteiger partial charge in [-0.25, -0.2) is 0 Å². The maximum Gasteiger partial charge on any atom is 0.129 e. The molecule has 0 saturated carbocycles. The molecule has 0 atom stereocenters. The Bertz CT molecular complexity index is 999. The van der Waals surface area contributed by atoms with Crippen LogP contribution in [0.15, 0.2) is 78.9 Å². The van der Waals surface area contributed by atoms with E-state index in [2.05, 4.69) is 97.5 Å². The van der Waals surface area contributed by atoms with Crippen LogP contribution < -0.4 is 0 Å². The lowest BCUT2D eigenvalue weighted by Gasteiger charge is -2.04. The zero-order valence-electron chi connectivity index (χ0n) is 15.5. The Morgan fingerprint density at radius 1 is 0.538 bits per heavy atom. The van der Waals surface area contributed by atoms with Crippen LogP contribution in [0, 0.1) is 23.3 Å². The van der Waals surface area contributed by atoms with Gasteiger partial charge in [0.2, 0.25) is 0 Å². The van der Waals surface area contributed by atoms with E-state index in [9.17, 15) is 0 Å². The molecule has 0 nitrogen and oxygen atoms in total. The first-order valence-electron chi connectivity index (χ1n) is 8.81. The van der Waals surface area contributed by atoms with E-state index >= 15 is 0 Å². The Labute approximate surface area is 157 Å². The molecule has 126 valence electrons. The molecule has 3 aromatic rings. The van der Waals surface area contributed by atoms with Gasteiger partial charge in [0.1, 0.15) is 8.07 Å². The lowest BCUT2D eigenvalue weighted by molar-refractivity contribution is 1.57. The first-order valence-corrected chi connectivity index (χ1v) is 12.3. The van der Waals surface area contributed by atoms with Gasteiger partial charge < -0.3 is 0 Å². The second kappa shape index (κ2) is 7.92. The van der Waals surface area contributed by atoms with E-state index in [1.165, 1.54) is 11.1 Å². The van der Waals surface area contributed by atoms with Crippen LogP contribution in [0.1, 0.15) is 16.7 Å². The standard InChI is InChI=1S/C25H22Si/c1-26(2,3)20-19-24-12-8-7-11-23(24)16-13-21-14-17-25(18-15-21)22-9-5-4-6-10-22/h4-12,14-15,17-18H,1-3H3. The summed E-state index contributed by atoms with van der Waals surface area (Å²) in [6, 6.07) is 26.9. The summed E-state index contributed by atoms with van der Waals surface area (Å²) >= 11 is 0. The number of benzene rings is 3. The highest BCUT2D eigenvalue weighted by Gasteiger charge is 2.07. The van der Waals surface area contributed by atoms with Crippen LogP contribution in [-0.4, -0.2) is 8.07 Å². The molecule has 0 spiro atoms. The van der Waals surface area contributed by atoms with Crippen LogP contribution in [0.5, 0.6) is 0 Å². The molecule has 0 bridgehead atoms. The van der Waals surface area contributed by atoms with Gasteiger partial charge in [-0.05, 0) is 35.4 Å². The summed E-state index contributed by atoms with van der Waals surface area (Å²) in [6.45, 7) is 6.76. The Morgan fingerprint density at radius 3 is 1.69 bits per heavy atom. The minimum Gasteiger partial charge on any atom is -0.127 e. The highest BCUT2D eigenvalue weighted by Crippen LogP contribution is 2.19. The first kappa shape index (κ1) is 17.8. The largest absolute Gasteiger partial charge is 0.129 e. The minimum absolute atomic E-state index is 0.991. The summed E-state index contributed by atoms with van der Waals surface area (Å²) in [7, 11) is -1.40. The van der Waals surface area contributed by atoms with Gasteiger partial charge in [0, 0.05) is 16.7 Å². The van der Waals surface area contributed by atoms with Gasteiger partial charge in [0.05, 0.1) is 0 Å². The number of hydrogen-bond donors (Lipinski definition) is 0. The summed E-state index contributed by atoms with van der Waals surface area (Å²) in [6.07, 6.45) is 0. The molecule has 0 unspecified atom stereocenters. The van der Waals surface area contributed by atoms with Crippen molar-refractivity contribution in [3.8, 4) is 34.4 Å². The Balaban J connectivity index is 1.85. The predicted molar refractivity (Wildman–Crippen MR) is 115 cm³/mol. The average Bonchev–Trinajstić information content (AvgIpc) is 2.66. The molecule has 0 fully saturated rings. The van der Waals surface area contributed by atoms with Crippen molar-refractivity contribution in [1.82, 2.24) is 0 Å². The zero-order chi connectivity index (χ0) is 18.4. The van der Waals surface area contributed by atoms with Crippen molar-refractivity contribution < 1.29 is 0 Å². The smallest absolute Gasteiger partial charge is 0.127 e. The lowest BCUT2D eigenvalue weighted by Crippen LogP contribution is -2.16. The van der Waals surface area contributed by atoms with Crippen LogP contribution in [0.25, 0.3) is 11.1 Å². The Morgan fingerprint density at radius 2 is 1.08 bits per heavy atom. The third-order valence-electron chi connectivity index (χ3n) is 3.83. The molecule has 0 saturated heterocycles. The summed E-state index contributed by atoms with van der Waals surface area (Å²) in [5.41, 5.74) is 8.87. The fourth-order valence-electron chi connectivity index (χ4n) is 2.47. The fourth-order valence-corrected chi connectivity index (χ4v) is 2.98. The quantitative estimate of drug-likeness (QED) is 0.374. The SMILES string of the molecule is C[Si](C)(C)C#Cc1ccccc1C#Cc1ccc(-c2ccccc2)cc1. The zero-order valence-corrected chi connectivity index (χ0v) is 16.5. The van der Waals surface area contributed by atoms with Crippen LogP contribution >= 0.6 is 0 Å². The lowest BCUT2D eigenvalue weighted by atomic mass is 10.0. The summed E-state index contributed by atoms with van der Waals surface area (Å²) < 4.78 is 0. The fraction of sp³-hybridized carbons (Fsp3) is 0.120. The minimum atomic E-state index is -1.40. The molecule has 1 heteroatoms. The molecule has 3 aromatic carbocycles. The molecular formula is C25H22Si. The predicted octanol–water partition coefficient (Wildman–Crippen LogP) is 5.98. The maximum atomic E-state index is 3.42. The van der Waals surface area contributed by atoms with Gasteiger partial charge in [-0.1, -0.05) is 92.0 Å². The van der Waals surface area contributed by atoms with Crippen molar-refractivity contribution in [2.45, 2.75) is 19.6 Å². The van der Waals surface area contributed by atoms with Crippen molar-refractivity contribution in [2.75, 3.05) is 0 Å². The summed E-state index contributed by atoms with van der Waals surface area (Å²) in [5.74, 6) is 9.89. The van der Waals surface area contributed by atoms with Gasteiger partial charge in [0.15, 0.2) is 0 Å². The van der Waals surface area contributed by atoms with E-state index in [0.29, 0.717) is 0 Å². The van der Waals surface area contributed by atoms with Gasteiger partial charge in [-0.2, -0.15) is 0 Å². The third-order valence-corrected chi connectivity index (χ3v) is 4.71. The molecular weight excluding hydrogens is 328 g/mol. The van der Waals surface area contributed by atoms with E-state index in [4.69, 9.17) is 0 Å². The molecule has 0 aromatic heterocycles. The van der Waals surface area contributed by atoms with Crippen molar-refractivity contribution in [3.63, 3.8) is 0 Å². The molecule has 3 rings (SSSR count). The molecule has 26 heavy (non-hydrogen) atoms. The first-order chi connectivity index (χ1) is 12.5. The molecule has 0 aliphatic heterocycles. The number of hydrogen-bond acceptors (Lipinski definition) is 0. The molecule has 0 radical (unpaired) electrons. The topological polar surface area (TPSA) is 0 Å². The molecule has 0 amide bonds. The van der Waals surface area contributed by atoms with E-state index in [0.717, 1.165) is 16.7 Å². The van der Waals surface area contributed by atoms with Gasteiger partial charge >= 0.3 is 0 Å². The monoisotopic (exact) mass is 350 g/mol. The average molecular weight is 351 g/mol. The molecule has 0 N–H and O–H groups in total. The molecule has 0 heterocycles. The Kier molecular flexibility index (Phi) is 5.42. The number of rotatable bonds is 1. The van der Waals surface area contributed by atoms with Gasteiger partial charge in [0.25, 0.3) is 0 Å². The van der Waals surface area contributed by atoms with E-state index in [1.807, 2.05) is 24.3 Å². The third kappa shape index (κ3) is 5.00. The van der Waals surface area contributed by atoms with Crippen LogP contribution in [0.3, 0.4) is 0 Å². The normalized spacial score (nSPS) is 10.3. The van der Waals surface area contributed by atoms with Crippen molar-refractivity contribution >= 4 is 8.07 Å².